The zero-order chi connectivity index (χ0) is 19.4. The van der Waals surface area contributed by atoms with Crippen LogP contribution in [0.25, 0.3) is 0 Å². The van der Waals surface area contributed by atoms with Gasteiger partial charge in [-0.15, -0.1) is 0 Å². The summed E-state index contributed by atoms with van der Waals surface area (Å²) in [4.78, 5) is 26.2. The highest BCUT2D eigenvalue weighted by molar-refractivity contribution is 9.10. The molecule has 0 unspecified atom stereocenters. The maximum absolute atomic E-state index is 12.5. The van der Waals surface area contributed by atoms with Gasteiger partial charge in [-0.2, -0.15) is 0 Å². The summed E-state index contributed by atoms with van der Waals surface area (Å²) in [6.07, 6.45) is 0.709. The minimum absolute atomic E-state index is 0.223. The molecule has 2 aromatic carbocycles. The van der Waals surface area contributed by atoms with Crippen LogP contribution < -0.4 is 9.47 Å². The van der Waals surface area contributed by atoms with Gasteiger partial charge in [-0.3, -0.25) is 4.79 Å². The number of methoxy groups -OCH3 is 2. The number of hydrogen-bond acceptors (Lipinski definition) is 5. The summed E-state index contributed by atoms with van der Waals surface area (Å²) in [7, 11) is 3.18. The zero-order valence-electron chi connectivity index (χ0n) is 15.2. The van der Waals surface area contributed by atoms with Crippen LogP contribution in [0.2, 0.25) is 0 Å². The molecule has 3 rings (SSSR count). The lowest BCUT2D eigenvalue weighted by Gasteiger charge is -2.29. The second-order valence-electron chi connectivity index (χ2n) is 6.13. The quantitative estimate of drug-likeness (QED) is 0.677. The molecule has 0 aromatic heterocycles. The first-order valence-corrected chi connectivity index (χ1v) is 9.25. The van der Waals surface area contributed by atoms with Gasteiger partial charge in [-0.25, -0.2) is 4.79 Å². The number of hydrogen-bond donors (Lipinski definition) is 0. The zero-order valence-corrected chi connectivity index (χ0v) is 16.7. The van der Waals surface area contributed by atoms with Crippen molar-refractivity contribution in [1.82, 2.24) is 4.90 Å². The van der Waals surface area contributed by atoms with E-state index in [9.17, 15) is 9.59 Å². The Balaban J connectivity index is 1.63. The summed E-state index contributed by atoms with van der Waals surface area (Å²) in [5, 5.41) is 0. The topological polar surface area (TPSA) is 65.1 Å². The summed E-state index contributed by atoms with van der Waals surface area (Å²) < 4.78 is 16.6. The average molecular weight is 434 g/mol. The lowest BCUT2D eigenvalue weighted by atomic mass is 9.99. The molecule has 1 aliphatic heterocycles. The molecule has 7 heteroatoms. The molecule has 0 fully saturated rings. The molecule has 0 aliphatic carbocycles. The van der Waals surface area contributed by atoms with Gasteiger partial charge in [-0.1, -0.05) is 22.0 Å². The summed E-state index contributed by atoms with van der Waals surface area (Å²) >= 11 is 3.31. The van der Waals surface area contributed by atoms with E-state index < -0.39 is 5.97 Å². The molecule has 1 aliphatic rings. The molecular formula is C20H20BrNO5. The number of halogens is 1. The number of amides is 1. The first-order chi connectivity index (χ1) is 13.0. The van der Waals surface area contributed by atoms with Gasteiger partial charge in [0.2, 0.25) is 0 Å². The molecule has 27 heavy (non-hydrogen) atoms. The van der Waals surface area contributed by atoms with Crippen molar-refractivity contribution in [2.75, 3.05) is 27.4 Å². The molecule has 0 atom stereocenters. The van der Waals surface area contributed by atoms with E-state index in [-0.39, 0.29) is 12.5 Å². The number of rotatable bonds is 5. The van der Waals surface area contributed by atoms with Crippen molar-refractivity contribution < 1.29 is 23.8 Å². The van der Waals surface area contributed by atoms with Crippen LogP contribution in [0.4, 0.5) is 0 Å². The maximum Gasteiger partial charge on any atom is 0.338 e. The third-order valence-corrected chi connectivity index (χ3v) is 4.95. The fourth-order valence-electron chi connectivity index (χ4n) is 3.01. The Kier molecular flexibility index (Phi) is 6.01. The summed E-state index contributed by atoms with van der Waals surface area (Å²) in [6.45, 7) is 0.729. The van der Waals surface area contributed by atoms with Gasteiger partial charge in [0, 0.05) is 17.6 Å². The smallest absolute Gasteiger partial charge is 0.338 e. The minimum atomic E-state index is -0.520. The molecule has 1 amide bonds. The molecule has 0 N–H and O–H groups in total. The molecular weight excluding hydrogens is 414 g/mol. The van der Waals surface area contributed by atoms with Crippen molar-refractivity contribution in [3.05, 3.63) is 57.6 Å². The van der Waals surface area contributed by atoms with E-state index in [1.165, 1.54) is 0 Å². The predicted molar refractivity (Wildman–Crippen MR) is 103 cm³/mol. The van der Waals surface area contributed by atoms with Gasteiger partial charge in [-0.05, 0) is 47.9 Å². The monoisotopic (exact) mass is 433 g/mol. The van der Waals surface area contributed by atoms with Crippen LogP contribution in [0, 0.1) is 0 Å². The van der Waals surface area contributed by atoms with E-state index >= 15 is 0 Å². The van der Waals surface area contributed by atoms with Crippen molar-refractivity contribution in [1.29, 1.82) is 0 Å². The Morgan fingerprint density at radius 3 is 2.44 bits per heavy atom. The molecule has 0 radical (unpaired) electrons. The van der Waals surface area contributed by atoms with E-state index in [4.69, 9.17) is 14.2 Å². The predicted octanol–water partition coefficient (Wildman–Crippen LogP) is 3.21. The van der Waals surface area contributed by atoms with Gasteiger partial charge in [0.1, 0.15) is 0 Å². The highest BCUT2D eigenvalue weighted by Crippen LogP contribution is 2.33. The first kappa shape index (κ1) is 19.2. The third kappa shape index (κ3) is 4.42. The Bertz CT molecular complexity index is 867. The van der Waals surface area contributed by atoms with E-state index in [1.54, 1.807) is 37.3 Å². The normalized spacial score (nSPS) is 12.9. The highest BCUT2D eigenvalue weighted by atomic mass is 79.9. The lowest BCUT2D eigenvalue weighted by Crippen LogP contribution is -2.38. The number of esters is 1. The van der Waals surface area contributed by atoms with Crippen LogP contribution >= 0.6 is 15.9 Å². The maximum atomic E-state index is 12.5. The van der Waals surface area contributed by atoms with Crippen molar-refractivity contribution in [3.8, 4) is 11.5 Å². The molecule has 6 nitrogen and oxygen atoms in total. The molecule has 0 saturated carbocycles. The van der Waals surface area contributed by atoms with Crippen molar-refractivity contribution in [2.45, 2.75) is 13.0 Å². The molecule has 0 bridgehead atoms. The van der Waals surface area contributed by atoms with Crippen LogP contribution in [0.5, 0.6) is 11.5 Å². The number of fused-ring (bicyclic) bond motifs is 1. The number of carbonyl (C=O) groups is 2. The Labute approximate surface area is 166 Å². The standard InChI is InChI=1S/C20H20BrNO5/c1-25-17-9-13-6-7-22(11-15(13)10-18(17)26-2)19(23)12-27-20(24)14-4-3-5-16(21)8-14/h3-5,8-10H,6-7,11-12H2,1-2H3. The van der Waals surface area contributed by atoms with Gasteiger partial charge >= 0.3 is 5.97 Å². The SMILES string of the molecule is COc1cc2c(cc1OC)CN(C(=O)COC(=O)c1cccc(Br)c1)CC2. The summed E-state index contributed by atoms with van der Waals surface area (Å²) in [6, 6.07) is 10.7. The highest BCUT2D eigenvalue weighted by Gasteiger charge is 2.23. The Morgan fingerprint density at radius 1 is 1.07 bits per heavy atom. The van der Waals surface area contributed by atoms with Gasteiger partial charge in [0.25, 0.3) is 5.91 Å². The molecule has 2 aromatic rings. The number of carbonyl (C=O) groups excluding carboxylic acids is 2. The van der Waals surface area contributed by atoms with Crippen molar-refractivity contribution >= 4 is 27.8 Å². The van der Waals surface area contributed by atoms with Gasteiger partial charge in [0.15, 0.2) is 18.1 Å². The molecule has 0 saturated heterocycles. The van der Waals surface area contributed by atoms with Crippen LogP contribution in [0.1, 0.15) is 21.5 Å². The summed E-state index contributed by atoms with van der Waals surface area (Å²) in [5.74, 6) is 0.567. The van der Waals surface area contributed by atoms with E-state index in [0.29, 0.717) is 36.6 Å². The molecule has 1 heterocycles. The second-order valence-corrected chi connectivity index (χ2v) is 7.04. The lowest BCUT2D eigenvalue weighted by molar-refractivity contribution is -0.135. The molecule has 0 spiro atoms. The van der Waals surface area contributed by atoms with Crippen molar-refractivity contribution in [2.24, 2.45) is 0 Å². The fraction of sp³-hybridized carbons (Fsp3) is 0.300. The Hall–Kier alpha value is -2.54. The van der Waals surface area contributed by atoms with Gasteiger partial charge < -0.3 is 19.1 Å². The number of nitrogens with zero attached hydrogens (tertiary/aromatic N) is 1. The third-order valence-electron chi connectivity index (χ3n) is 4.46. The number of benzene rings is 2. The van der Waals surface area contributed by atoms with Crippen LogP contribution in [0.15, 0.2) is 40.9 Å². The van der Waals surface area contributed by atoms with Crippen LogP contribution in [-0.4, -0.2) is 44.1 Å². The Morgan fingerprint density at radius 2 is 1.78 bits per heavy atom. The van der Waals surface area contributed by atoms with Gasteiger partial charge in [0.05, 0.1) is 19.8 Å². The number of ether oxygens (including phenoxy) is 3. The average Bonchev–Trinajstić information content (AvgIpc) is 2.70. The van der Waals surface area contributed by atoms with Crippen LogP contribution in [0.3, 0.4) is 0 Å². The van der Waals surface area contributed by atoms with E-state index in [2.05, 4.69) is 15.9 Å². The van der Waals surface area contributed by atoms with Crippen LogP contribution in [-0.2, 0) is 22.5 Å². The van der Waals surface area contributed by atoms with E-state index in [1.807, 2.05) is 18.2 Å². The fourth-order valence-corrected chi connectivity index (χ4v) is 3.41. The van der Waals surface area contributed by atoms with Crippen molar-refractivity contribution in [3.63, 3.8) is 0 Å². The van der Waals surface area contributed by atoms with E-state index in [0.717, 1.165) is 15.6 Å². The molecule has 142 valence electrons. The summed E-state index contributed by atoms with van der Waals surface area (Å²) in [5.41, 5.74) is 2.53. The first-order valence-electron chi connectivity index (χ1n) is 8.46. The minimum Gasteiger partial charge on any atom is -0.493 e. The second kappa shape index (κ2) is 8.43. The largest absolute Gasteiger partial charge is 0.493 e.